The number of alkyl halides is 3. The summed E-state index contributed by atoms with van der Waals surface area (Å²) in [7, 11) is 0. The minimum Gasteiger partial charge on any atom is -0.374 e. The van der Waals surface area contributed by atoms with Crippen LogP contribution in [0, 0.1) is 0 Å². The molecule has 0 aromatic heterocycles. The monoisotopic (exact) mass is 322 g/mol. The van der Waals surface area contributed by atoms with Gasteiger partial charge in [0, 0.05) is 6.04 Å². The Morgan fingerprint density at radius 2 is 2.05 bits per heavy atom. The number of amides is 1. The summed E-state index contributed by atoms with van der Waals surface area (Å²) in [6.07, 6.45) is -2.80. The molecule has 0 bridgehead atoms. The van der Waals surface area contributed by atoms with Gasteiger partial charge in [0.25, 0.3) is 0 Å². The molecule has 0 saturated heterocycles. The van der Waals surface area contributed by atoms with Crippen molar-refractivity contribution in [3.05, 3.63) is 28.8 Å². The highest BCUT2D eigenvalue weighted by atomic mass is 35.5. The van der Waals surface area contributed by atoms with Crippen LogP contribution in [0.1, 0.15) is 32.3 Å². The van der Waals surface area contributed by atoms with Crippen LogP contribution in [0.3, 0.4) is 0 Å². The summed E-state index contributed by atoms with van der Waals surface area (Å²) in [4.78, 5) is 11.7. The maximum absolute atomic E-state index is 12.9. The van der Waals surface area contributed by atoms with Crippen molar-refractivity contribution < 1.29 is 18.0 Å². The number of carbonyl (C=O) groups excluding carboxylic acids is 1. The number of rotatable bonds is 6. The van der Waals surface area contributed by atoms with E-state index in [4.69, 9.17) is 11.6 Å². The van der Waals surface area contributed by atoms with Crippen molar-refractivity contribution >= 4 is 23.2 Å². The number of benzene rings is 1. The fourth-order valence-electron chi connectivity index (χ4n) is 1.94. The molecule has 0 aliphatic rings. The van der Waals surface area contributed by atoms with Gasteiger partial charge >= 0.3 is 6.18 Å². The first-order valence-corrected chi connectivity index (χ1v) is 7.02. The molecule has 0 saturated carbocycles. The van der Waals surface area contributed by atoms with Crippen molar-refractivity contribution in [1.29, 1.82) is 0 Å². The van der Waals surface area contributed by atoms with Crippen LogP contribution in [0.5, 0.6) is 0 Å². The van der Waals surface area contributed by atoms with E-state index in [2.05, 4.69) is 10.6 Å². The van der Waals surface area contributed by atoms with Crippen LogP contribution in [-0.2, 0) is 11.0 Å². The average Bonchev–Trinajstić information content (AvgIpc) is 2.36. The van der Waals surface area contributed by atoms with Crippen LogP contribution in [-0.4, -0.2) is 18.5 Å². The number of halogens is 4. The third kappa shape index (κ3) is 5.46. The Balaban J connectivity index is 2.73. The second-order valence-corrected chi connectivity index (χ2v) is 5.18. The molecule has 21 heavy (non-hydrogen) atoms. The van der Waals surface area contributed by atoms with Crippen LogP contribution < -0.4 is 10.6 Å². The van der Waals surface area contributed by atoms with E-state index < -0.39 is 11.7 Å². The summed E-state index contributed by atoms with van der Waals surface area (Å²) in [5, 5.41) is 5.10. The van der Waals surface area contributed by atoms with Crippen molar-refractivity contribution in [3.8, 4) is 0 Å². The minimum atomic E-state index is -4.53. The Morgan fingerprint density at radius 1 is 1.38 bits per heavy atom. The van der Waals surface area contributed by atoms with Gasteiger partial charge in [-0.1, -0.05) is 31.0 Å². The second-order valence-electron chi connectivity index (χ2n) is 4.77. The van der Waals surface area contributed by atoms with Crippen molar-refractivity contribution in [2.45, 2.75) is 38.9 Å². The molecule has 1 atom stereocenters. The number of carbonyl (C=O) groups is 1. The van der Waals surface area contributed by atoms with E-state index in [0.717, 1.165) is 18.9 Å². The van der Waals surface area contributed by atoms with Crippen LogP contribution in [0.25, 0.3) is 0 Å². The number of anilines is 1. The molecule has 0 aliphatic carbocycles. The zero-order valence-corrected chi connectivity index (χ0v) is 12.6. The van der Waals surface area contributed by atoms with Crippen LogP contribution in [0.15, 0.2) is 18.2 Å². The molecule has 1 rings (SSSR count). The highest BCUT2D eigenvalue weighted by molar-refractivity contribution is 6.33. The first-order valence-electron chi connectivity index (χ1n) is 6.64. The average molecular weight is 323 g/mol. The maximum atomic E-state index is 12.9. The largest absolute Gasteiger partial charge is 0.418 e. The van der Waals surface area contributed by atoms with Crippen LogP contribution >= 0.6 is 11.6 Å². The van der Waals surface area contributed by atoms with Gasteiger partial charge in [0.1, 0.15) is 0 Å². The van der Waals surface area contributed by atoms with E-state index in [1.807, 2.05) is 13.8 Å². The van der Waals surface area contributed by atoms with Crippen molar-refractivity contribution in [2.75, 3.05) is 11.9 Å². The molecule has 1 amide bonds. The van der Waals surface area contributed by atoms with E-state index in [0.29, 0.717) is 0 Å². The fraction of sp³-hybridized carbons (Fsp3) is 0.500. The minimum absolute atomic E-state index is 0.0161. The summed E-state index contributed by atoms with van der Waals surface area (Å²) in [5.74, 6) is -0.371. The molecular formula is C14H18ClF3N2O. The Labute approximate surface area is 126 Å². The molecular weight excluding hydrogens is 305 g/mol. The summed E-state index contributed by atoms with van der Waals surface area (Å²) in [6.45, 7) is 3.57. The van der Waals surface area contributed by atoms with E-state index in [-0.39, 0.29) is 29.2 Å². The maximum Gasteiger partial charge on any atom is 0.418 e. The fourth-order valence-corrected chi connectivity index (χ4v) is 2.18. The number of hydrogen-bond donors (Lipinski definition) is 2. The lowest BCUT2D eigenvalue weighted by molar-refractivity contribution is -0.137. The summed E-state index contributed by atoms with van der Waals surface area (Å²) in [6, 6.07) is 3.47. The first kappa shape index (κ1) is 17.6. The van der Waals surface area contributed by atoms with Gasteiger partial charge in [-0.25, -0.2) is 0 Å². The smallest absolute Gasteiger partial charge is 0.374 e. The SMILES string of the molecule is CCCC(C)NC(=O)CNc1c(Cl)cccc1C(F)(F)F. The van der Waals surface area contributed by atoms with Gasteiger partial charge in [-0.3, -0.25) is 4.79 Å². The highest BCUT2D eigenvalue weighted by Crippen LogP contribution is 2.38. The molecule has 118 valence electrons. The Bertz CT molecular complexity index is 492. The zero-order valence-electron chi connectivity index (χ0n) is 11.9. The molecule has 0 spiro atoms. The van der Waals surface area contributed by atoms with Crippen molar-refractivity contribution in [1.82, 2.24) is 5.32 Å². The van der Waals surface area contributed by atoms with Gasteiger partial charge in [0.2, 0.25) is 5.91 Å². The Kier molecular flexibility index (Phi) is 6.33. The van der Waals surface area contributed by atoms with Crippen molar-refractivity contribution in [3.63, 3.8) is 0 Å². The molecule has 3 nitrogen and oxygen atoms in total. The first-order chi connectivity index (χ1) is 9.75. The van der Waals surface area contributed by atoms with E-state index in [9.17, 15) is 18.0 Å². The zero-order chi connectivity index (χ0) is 16.0. The van der Waals surface area contributed by atoms with Gasteiger partial charge < -0.3 is 10.6 Å². The van der Waals surface area contributed by atoms with Crippen LogP contribution in [0.4, 0.5) is 18.9 Å². The van der Waals surface area contributed by atoms with E-state index >= 15 is 0 Å². The number of nitrogens with one attached hydrogen (secondary N) is 2. The third-order valence-corrected chi connectivity index (χ3v) is 3.19. The molecule has 2 N–H and O–H groups in total. The summed E-state index contributed by atoms with van der Waals surface area (Å²) < 4.78 is 38.6. The molecule has 0 heterocycles. The van der Waals surface area contributed by atoms with Gasteiger partial charge in [0.05, 0.1) is 22.8 Å². The topological polar surface area (TPSA) is 41.1 Å². The molecule has 0 radical (unpaired) electrons. The molecule has 7 heteroatoms. The quantitative estimate of drug-likeness (QED) is 0.828. The Morgan fingerprint density at radius 3 is 2.62 bits per heavy atom. The number of para-hydroxylation sites is 1. The predicted molar refractivity (Wildman–Crippen MR) is 77.5 cm³/mol. The number of hydrogen-bond acceptors (Lipinski definition) is 2. The predicted octanol–water partition coefficient (Wildman–Crippen LogP) is 4.08. The molecule has 1 unspecified atom stereocenters. The highest BCUT2D eigenvalue weighted by Gasteiger charge is 2.34. The molecule has 0 aliphatic heterocycles. The molecule has 1 aromatic carbocycles. The molecule has 1 aromatic rings. The summed E-state index contributed by atoms with van der Waals surface area (Å²) in [5.41, 5.74) is -1.16. The standard InChI is InChI=1S/C14H18ClF3N2O/c1-3-5-9(2)20-12(21)8-19-13-10(14(16,17)18)6-4-7-11(13)15/h4,6-7,9,19H,3,5,8H2,1-2H3,(H,20,21). The lowest BCUT2D eigenvalue weighted by atomic mass is 10.1. The lowest BCUT2D eigenvalue weighted by Crippen LogP contribution is -2.36. The van der Waals surface area contributed by atoms with Crippen LogP contribution in [0.2, 0.25) is 5.02 Å². The van der Waals surface area contributed by atoms with Gasteiger partial charge in [-0.2, -0.15) is 13.2 Å². The molecule has 0 fully saturated rings. The second kappa shape index (κ2) is 7.54. The van der Waals surface area contributed by atoms with Gasteiger partial charge in [0.15, 0.2) is 0 Å². The Hall–Kier alpha value is -1.43. The van der Waals surface area contributed by atoms with Crippen molar-refractivity contribution in [2.24, 2.45) is 0 Å². The third-order valence-electron chi connectivity index (χ3n) is 2.87. The van der Waals surface area contributed by atoms with E-state index in [1.54, 1.807) is 0 Å². The normalized spacial score (nSPS) is 12.9. The summed E-state index contributed by atoms with van der Waals surface area (Å²) >= 11 is 5.78. The lowest BCUT2D eigenvalue weighted by Gasteiger charge is -2.17. The van der Waals surface area contributed by atoms with Gasteiger partial charge in [-0.05, 0) is 25.5 Å². The van der Waals surface area contributed by atoms with E-state index in [1.165, 1.54) is 12.1 Å². The van der Waals surface area contributed by atoms with Gasteiger partial charge in [-0.15, -0.1) is 0 Å².